The predicted molar refractivity (Wildman–Crippen MR) is 90.0 cm³/mol. The van der Waals surface area contributed by atoms with Gasteiger partial charge in [0.2, 0.25) is 5.91 Å². The SMILES string of the molecule is CC(C1CC1)N(C)C(=O)C1CCCN(C(=O)c2ccc(F)cc2)C1. The highest BCUT2D eigenvalue weighted by atomic mass is 19.1. The highest BCUT2D eigenvalue weighted by molar-refractivity contribution is 5.94. The van der Waals surface area contributed by atoms with Crippen molar-refractivity contribution < 1.29 is 14.0 Å². The lowest BCUT2D eigenvalue weighted by Crippen LogP contribution is -2.48. The minimum absolute atomic E-state index is 0.120. The third-order valence-corrected chi connectivity index (χ3v) is 5.41. The number of amides is 2. The van der Waals surface area contributed by atoms with Crippen molar-refractivity contribution >= 4 is 11.8 Å². The van der Waals surface area contributed by atoms with Crippen LogP contribution >= 0.6 is 0 Å². The second kappa shape index (κ2) is 6.91. The predicted octanol–water partition coefficient (Wildman–Crippen LogP) is 2.93. The number of piperidine rings is 1. The smallest absolute Gasteiger partial charge is 0.253 e. The molecule has 0 bridgehead atoms. The fourth-order valence-electron chi connectivity index (χ4n) is 3.52. The maximum atomic E-state index is 13.0. The van der Waals surface area contributed by atoms with Gasteiger partial charge in [-0.1, -0.05) is 0 Å². The lowest BCUT2D eigenvalue weighted by atomic mass is 9.95. The molecule has 2 aliphatic rings. The molecule has 0 radical (unpaired) electrons. The molecule has 0 aromatic heterocycles. The summed E-state index contributed by atoms with van der Waals surface area (Å²) in [7, 11) is 1.88. The Morgan fingerprint density at radius 1 is 1.21 bits per heavy atom. The monoisotopic (exact) mass is 332 g/mol. The van der Waals surface area contributed by atoms with Crippen LogP contribution in [-0.2, 0) is 4.79 Å². The van der Waals surface area contributed by atoms with Crippen LogP contribution in [0.4, 0.5) is 4.39 Å². The van der Waals surface area contributed by atoms with Gasteiger partial charge in [0.15, 0.2) is 0 Å². The summed E-state index contributed by atoms with van der Waals surface area (Å²) < 4.78 is 13.0. The van der Waals surface area contributed by atoms with E-state index in [4.69, 9.17) is 0 Å². The molecule has 1 saturated carbocycles. The molecule has 2 unspecified atom stereocenters. The Bertz CT molecular complexity index is 612. The largest absolute Gasteiger partial charge is 0.342 e. The molecule has 3 rings (SSSR count). The normalized spacial score (nSPS) is 22.1. The first-order valence-electron chi connectivity index (χ1n) is 8.79. The number of carbonyl (C=O) groups excluding carboxylic acids is 2. The van der Waals surface area contributed by atoms with Crippen molar-refractivity contribution in [2.45, 2.75) is 38.6 Å². The van der Waals surface area contributed by atoms with Crippen LogP contribution in [0.3, 0.4) is 0 Å². The van der Waals surface area contributed by atoms with E-state index in [1.54, 1.807) is 4.90 Å². The topological polar surface area (TPSA) is 40.6 Å². The molecule has 0 N–H and O–H groups in total. The minimum atomic E-state index is -0.353. The summed E-state index contributed by atoms with van der Waals surface area (Å²) in [6.07, 6.45) is 4.07. The third-order valence-electron chi connectivity index (χ3n) is 5.41. The molecule has 1 aromatic carbocycles. The van der Waals surface area contributed by atoms with E-state index < -0.39 is 0 Å². The molecule has 130 valence electrons. The van der Waals surface area contributed by atoms with Gasteiger partial charge in [-0.15, -0.1) is 0 Å². The molecule has 1 aliphatic carbocycles. The van der Waals surface area contributed by atoms with E-state index in [0.717, 1.165) is 12.8 Å². The molecule has 0 spiro atoms. The molecular weight excluding hydrogens is 307 g/mol. The average molecular weight is 332 g/mol. The molecule has 2 atom stereocenters. The number of benzene rings is 1. The summed E-state index contributed by atoms with van der Waals surface area (Å²) in [6.45, 7) is 3.22. The van der Waals surface area contributed by atoms with Gasteiger partial charge in [0.05, 0.1) is 5.92 Å². The Balaban J connectivity index is 1.64. The van der Waals surface area contributed by atoms with Crippen molar-refractivity contribution in [2.75, 3.05) is 20.1 Å². The molecule has 5 heteroatoms. The molecule has 2 fully saturated rings. The Kier molecular flexibility index (Phi) is 4.88. The summed E-state index contributed by atoms with van der Waals surface area (Å²) in [5.74, 6) is 0.180. The molecule has 1 aliphatic heterocycles. The summed E-state index contributed by atoms with van der Waals surface area (Å²) >= 11 is 0. The van der Waals surface area contributed by atoms with Gasteiger partial charge in [-0.05, 0) is 62.8 Å². The zero-order valence-electron chi connectivity index (χ0n) is 14.4. The zero-order valence-corrected chi connectivity index (χ0v) is 14.4. The van der Waals surface area contributed by atoms with E-state index in [2.05, 4.69) is 6.92 Å². The zero-order chi connectivity index (χ0) is 17.3. The Hall–Kier alpha value is -1.91. The Labute approximate surface area is 142 Å². The standard InChI is InChI=1S/C19H25FN2O2/c1-13(14-5-6-14)21(2)18(23)16-4-3-11-22(12-16)19(24)15-7-9-17(20)10-8-15/h7-10,13-14,16H,3-6,11-12H2,1-2H3. The van der Waals surface area contributed by atoms with Crippen LogP contribution in [0, 0.1) is 17.7 Å². The molecule has 4 nitrogen and oxygen atoms in total. The van der Waals surface area contributed by atoms with Gasteiger partial charge in [-0.2, -0.15) is 0 Å². The van der Waals surface area contributed by atoms with E-state index >= 15 is 0 Å². The average Bonchev–Trinajstić information content (AvgIpc) is 3.45. The third kappa shape index (κ3) is 3.60. The highest BCUT2D eigenvalue weighted by Crippen LogP contribution is 2.35. The first-order chi connectivity index (χ1) is 11.5. The van der Waals surface area contributed by atoms with Gasteiger partial charge in [-0.3, -0.25) is 9.59 Å². The van der Waals surface area contributed by atoms with Crippen molar-refractivity contribution in [1.82, 2.24) is 9.80 Å². The lowest BCUT2D eigenvalue weighted by Gasteiger charge is -2.35. The quantitative estimate of drug-likeness (QED) is 0.850. The lowest BCUT2D eigenvalue weighted by molar-refractivity contribution is -0.137. The maximum Gasteiger partial charge on any atom is 0.253 e. The number of carbonyl (C=O) groups is 2. The fourth-order valence-corrected chi connectivity index (χ4v) is 3.52. The van der Waals surface area contributed by atoms with Gasteiger partial charge in [0, 0.05) is 31.7 Å². The number of hydrogen-bond donors (Lipinski definition) is 0. The second-order valence-corrected chi connectivity index (χ2v) is 7.12. The summed E-state index contributed by atoms with van der Waals surface area (Å²) in [4.78, 5) is 28.9. The van der Waals surface area contributed by atoms with E-state index in [1.165, 1.54) is 37.1 Å². The maximum absolute atomic E-state index is 13.0. The number of hydrogen-bond acceptors (Lipinski definition) is 2. The number of likely N-dealkylation sites (tertiary alicyclic amines) is 1. The van der Waals surface area contributed by atoms with E-state index in [0.29, 0.717) is 24.6 Å². The van der Waals surface area contributed by atoms with Crippen LogP contribution in [0.15, 0.2) is 24.3 Å². The summed E-state index contributed by atoms with van der Waals surface area (Å²) in [6, 6.07) is 5.88. The Morgan fingerprint density at radius 3 is 2.50 bits per heavy atom. The van der Waals surface area contributed by atoms with E-state index in [1.807, 2.05) is 11.9 Å². The van der Waals surface area contributed by atoms with Gasteiger partial charge in [0.25, 0.3) is 5.91 Å². The van der Waals surface area contributed by atoms with Crippen LogP contribution < -0.4 is 0 Å². The molecule has 1 saturated heterocycles. The molecule has 1 aromatic rings. The summed E-state index contributed by atoms with van der Waals surface area (Å²) in [5.41, 5.74) is 0.476. The van der Waals surface area contributed by atoms with Crippen LogP contribution in [0.2, 0.25) is 0 Å². The van der Waals surface area contributed by atoms with E-state index in [9.17, 15) is 14.0 Å². The van der Waals surface area contributed by atoms with Crippen molar-refractivity contribution in [3.8, 4) is 0 Å². The second-order valence-electron chi connectivity index (χ2n) is 7.12. The van der Waals surface area contributed by atoms with Gasteiger partial charge < -0.3 is 9.80 Å². The van der Waals surface area contributed by atoms with Gasteiger partial charge in [0.1, 0.15) is 5.82 Å². The van der Waals surface area contributed by atoms with E-state index in [-0.39, 0.29) is 29.6 Å². The number of nitrogens with zero attached hydrogens (tertiary/aromatic N) is 2. The Morgan fingerprint density at radius 2 is 1.88 bits per heavy atom. The fraction of sp³-hybridized carbons (Fsp3) is 0.579. The van der Waals surface area contributed by atoms with Crippen LogP contribution in [-0.4, -0.2) is 47.8 Å². The van der Waals surface area contributed by atoms with Crippen molar-refractivity contribution in [1.29, 1.82) is 0 Å². The van der Waals surface area contributed by atoms with Crippen LogP contribution in [0.1, 0.15) is 43.0 Å². The number of rotatable bonds is 4. The van der Waals surface area contributed by atoms with Gasteiger partial charge in [-0.25, -0.2) is 4.39 Å². The minimum Gasteiger partial charge on any atom is -0.342 e. The molecule has 1 heterocycles. The number of halogens is 1. The molecular formula is C19H25FN2O2. The van der Waals surface area contributed by atoms with Gasteiger partial charge >= 0.3 is 0 Å². The first kappa shape index (κ1) is 16.9. The summed E-state index contributed by atoms with van der Waals surface area (Å²) in [5, 5.41) is 0. The van der Waals surface area contributed by atoms with Crippen molar-refractivity contribution in [2.24, 2.45) is 11.8 Å². The highest BCUT2D eigenvalue weighted by Gasteiger charge is 2.36. The van der Waals surface area contributed by atoms with Crippen LogP contribution in [0.5, 0.6) is 0 Å². The van der Waals surface area contributed by atoms with Crippen molar-refractivity contribution in [3.05, 3.63) is 35.6 Å². The molecule has 2 amide bonds. The molecule has 24 heavy (non-hydrogen) atoms. The van der Waals surface area contributed by atoms with Crippen LogP contribution in [0.25, 0.3) is 0 Å². The first-order valence-corrected chi connectivity index (χ1v) is 8.79. The van der Waals surface area contributed by atoms with Crippen molar-refractivity contribution in [3.63, 3.8) is 0 Å².